The first-order valence-corrected chi connectivity index (χ1v) is 12.0. The van der Waals surface area contributed by atoms with E-state index in [1.54, 1.807) is 18.0 Å². The summed E-state index contributed by atoms with van der Waals surface area (Å²) >= 11 is 6.36. The fourth-order valence-corrected chi connectivity index (χ4v) is 6.46. The highest BCUT2D eigenvalue weighted by atomic mass is 35.5. The van der Waals surface area contributed by atoms with Crippen LogP contribution in [0.1, 0.15) is 44.6 Å². The number of fused-ring (bicyclic) bond motifs is 1. The van der Waals surface area contributed by atoms with Crippen molar-refractivity contribution in [2.45, 2.75) is 63.2 Å². The summed E-state index contributed by atoms with van der Waals surface area (Å²) in [6.45, 7) is 4.12. The van der Waals surface area contributed by atoms with Crippen LogP contribution in [0, 0.1) is 18.8 Å². The molecule has 3 saturated heterocycles. The number of aliphatic hydroxyl groups is 1. The number of likely N-dealkylation sites (tertiary alicyclic amines) is 1. The number of benzene rings is 1. The van der Waals surface area contributed by atoms with Crippen LogP contribution in [0.4, 0.5) is 5.69 Å². The third kappa shape index (κ3) is 3.54. The van der Waals surface area contributed by atoms with E-state index >= 15 is 0 Å². The molecule has 1 spiro atoms. The summed E-state index contributed by atoms with van der Waals surface area (Å²) < 4.78 is 6.63. The van der Waals surface area contributed by atoms with Crippen molar-refractivity contribution >= 4 is 35.0 Å². The van der Waals surface area contributed by atoms with E-state index in [2.05, 4.69) is 10.6 Å². The molecule has 9 heteroatoms. The summed E-state index contributed by atoms with van der Waals surface area (Å²) in [7, 11) is 1.56. The molecule has 0 radical (unpaired) electrons. The van der Waals surface area contributed by atoms with Crippen LogP contribution in [0.3, 0.4) is 0 Å². The van der Waals surface area contributed by atoms with Crippen molar-refractivity contribution in [2.24, 2.45) is 11.8 Å². The number of carbonyl (C=O) groups excluding carboxylic acids is 3. The van der Waals surface area contributed by atoms with E-state index in [9.17, 15) is 19.5 Å². The molecule has 33 heavy (non-hydrogen) atoms. The number of nitrogens with zero attached hydrogens (tertiary/aromatic N) is 1. The minimum Gasteiger partial charge on any atom is -0.396 e. The number of aliphatic hydroxyl groups excluding tert-OH is 1. The second kappa shape index (κ2) is 8.89. The van der Waals surface area contributed by atoms with E-state index in [1.807, 2.05) is 26.0 Å². The first kappa shape index (κ1) is 24.0. The van der Waals surface area contributed by atoms with E-state index < -0.39 is 29.1 Å². The summed E-state index contributed by atoms with van der Waals surface area (Å²) in [4.78, 5) is 42.1. The number of anilines is 1. The van der Waals surface area contributed by atoms with Crippen LogP contribution >= 0.6 is 11.6 Å². The summed E-state index contributed by atoms with van der Waals surface area (Å²) in [5, 5.41) is 15.3. The SMILES string of the molecule is CC[C@@]12CCC3(O1)C(C(=O)Nc1c(C)cccc1Cl)N(CCCCO)C(=O)[C@@H]3[C@@H]2C(=O)NC. The minimum atomic E-state index is -1.07. The number of hydrogen-bond donors (Lipinski definition) is 3. The second-order valence-electron chi connectivity index (χ2n) is 9.33. The van der Waals surface area contributed by atoms with Crippen LogP contribution in [0.2, 0.25) is 5.02 Å². The van der Waals surface area contributed by atoms with Gasteiger partial charge < -0.3 is 25.4 Å². The molecule has 0 aromatic heterocycles. The van der Waals surface area contributed by atoms with Crippen molar-refractivity contribution in [1.29, 1.82) is 0 Å². The zero-order chi connectivity index (χ0) is 24.0. The van der Waals surface area contributed by atoms with Gasteiger partial charge in [0.2, 0.25) is 17.7 Å². The average Bonchev–Trinajstić information content (AvgIpc) is 3.40. The van der Waals surface area contributed by atoms with Gasteiger partial charge in [0.25, 0.3) is 0 Å². The van der Waals surface area contributed by atoms with Crippen molar-refractivity contribution in [1.82, 2.24) is 10.2 Å². The van der Waals surface area contributed by atoms with E-state index in [-0.39, 0.29) is 24.3 Å². The predicted molar refractivity (Wildman–Crippen MR) is 124 cm³/mol. The number of para-hydroxylation sites is 1. The van der Waals surface area contributed by atoms with Gasteiger partial charge in [0.1, 0.15) is 11.6 Å². The van der Waals surface area contributed by atoms with Crippen molar-refractivity contribution in [3.63, 3.8) is 0 Å². The van der Waals surface area contributed by atoms with Gasteiger partial charge in [0.15, 0.2) is 0 Å². The van der Waals surface area contributed by atoms with Crippen LogP contribution in [-0.2, 0) is 19.1 Å². The Morgan fingerprint density at radius 2 is 2.03 bits per heavy atom. The first-order chi connectivity index (χ1) is 15.8. The number of amides is 3. The molecule has 2 unspecified atom stereocenters. The monoisotopic (exact) mass is 477 g/mol. The lowest BCUT2D eigenvalue weighted by molar-refractivity contribution is -0.145. The van der Waals surface area contributed by atoms with Gasteiger partial charge in [0, 0.05) is 20.2 Å². The Balaban J connectivity index is 1.75. The summed E-state index contributed by atoms with van der Waals surface area (Å²) in [5.41, 5.74) is -0.502. The molecule has 3 fully saturated rings. The molecule has 3 aliphatic rings. The van der Waals surface area contributed by atoms with Gasteiger partial charge in [-0.1, -0.05) is 30.7 Å². The van der Waals surface area contributed by atoms with Crippen molar-refractivity contribution in [2.75, 3.05) is 25.5 Å². The van der Waals surface area contributed by atoms with Crippen LogP contribution in [0.5, 0.6) is 0 Å². The molecule has 5 atom stereocenters. The third-order valence-electron chi connectivity index (χ3n) is 7.74. The Morgan fingerprint density at radius 3 is 2.67 bits per heavy atom. The number of hydrogen-bond acceptors (Lipinski definition) is 5. The van der Waals surface area contributed by atoms with Crippen LogP contribution in [-0.4, -0.2) is 65.2 Å². The Bertz CT molecular complexity index is 951. The lowest BCUT2D eigenvalue weighted by atomic mass is 9.65. The van der Waals surface area contributed by atoms with Crippen LogP contribution in [0.25, 0.3) is 0 Å². The van der Waals surface area contributed by atoms with Crippen molar-refractivity contribution in [3.8, 4) is 0 Å². The zero-order valence-electron chi connectivity index (χ0n) is 19.3. The largest absolute Gasteiger partial charge is 0.396 e. The van der Waals surface area contributed by atoms with Gasteiger partial charge in [-0.15, -0.1) is 0 Å². The number of ether oxygens (including phenoxy) is 1. The smallest absolute Gasteiger partial charge is 0.250 e. The van der Waals surface area contributed by atoms with Crippen LogP contribution < -0.4 is 10.6 Å². The molecule has 2 bridgehead atoms. The molecule has 1 aromatic rings. The molecular weight excluding hydrogens is 446 g/mol. The van der Waals surface area contributed by atoms with Gasteiger partial charge in [0.05, 0.1) is 28.1 Å². The quantitative estimate of drug-likeness (QED) is 0.498. The number of aryl methyl sites for hydroxylation is 1. The van der Waals surface area contributed by atoms with Crippen molar-refractivity contribution < 1.29 is 24.2 Å². The Hall–Kier alpha value is -2.16. The summed E-state index contributed by atoms with van der Waals surface area (Å²) in [6.07, 6.45) is 2.78. The number of carbonyl (C=O) groups is 3. The number of nitrogens with one attached hydrogen (secondary N) is 2. The first-order valence-electron chi connectivity index (χ1n) is 11.7. The Labute approximate surface area is 199 Å². The topological polar surface area (TPSA) is 108 Å². The van der Waals surface area contributed by atoms with E-state index in [0.29, 0.717) is 49.4 Å². The molecule has 0 aliphatic carbocycles. The average molecular weight is 478 g/mol. The number of rotatable bonds is 8. The maximum Gasteiger partial charge on any atom is 0.250 e. The molecule has 1 aromatic carbocycles. The Kier molecular flexibility index (Phi) is 6.46. The molecular formula is C24H32ClN3O5. The summed E-state index contributed by atoms with van der Waals surface area (Å²) in [6, 6.07) is 4.48. The highest BCUT2D eigenvalue weighted by Crippen LogP contribution is 2.64. The van der Waals surface area contributed by atoms with Gasteiger partial charge in [-0.25, -0.2) is 0 Å². The highest BCUT2D eigenvalue weighted by Gasteiger charge is 2.78. The molecule has 3 N–H and O–H groups in total. The van der Waals surface area contributed by atoms with Gasteiger partial charge in [-0.2, -0.15) is 0 Å². The highest BCUT2D eigenvalue weighted by molar-refractivity contribution is 6.34. The van der Waals surface area contributed by atoms with Gasteiger partial charge in [-0.05, 0) is 50.7 Å². The molecule has 3 heterocycles. The zero-order valence-corrected chi connectivity index (χ0v) is 20.1. The number of unbranched alkanes of at least 4 members (excludes halogenated alkanes) is 1. The summed E-state index contributed by atoms with van der Waals surface area (Å²) in [5.74, 6) is -2.18. The minimum absolute atomic E-state index is 0.00257. The molecule has 0 saturated carbocycles. The van der Waals surface area contributed by atoms with E-state index in [4.69, 9.17) is 16.3 Å². The maximum absolute atomic E-state index is 13.8. The van der Waals surface area contributed by atoms with Crippen LogP contribution in [0.15, 0.2) is 18.2 Å². The normalized spacial score (nSPS) is 32.2. The molecule has 4 rings (SSSR count). The Morgan fingerprint density at radius 1 is 1.27 bits per heavy atom. The molecule has 8 nitrogen and oxygen atoms in total. The van der Waals surface area contributed by atoms with E-state index in [0.717, 1.165) is 5.56 Å². The molecule has 180 valence electrons. The number of halogens is 1. The fraction of sp³-hybridized carbons (Fsp3) is 0.625. The van der Waals surface area contributed by atoms with Crippen molar-refractivity contribution in [3.05, 3.63) is 28.8 Å². The predicted octanol–water partition coefficient (Wildman–Crippen LogP) is 2.26. The van der Waals surface area contributed by atoms with Gasteiger partial charge in [-0.3, -0.25) is 14.4 Å². The standard InChI is InChI=1S/C24H32ClN3O5/c1-4-23-10-11-24(33-23)17(16(23)20(30)26-3)22(32)28(12-5-6-13-29)19(24)21(31)27-18-14(2)8-7-9-15(18)25/h7-9,16-17,19,29H,4-6,10-13H2,1-3H3,(H,26,30)(H,27,31)/t16-,17+,19?,23+,24?/m1/s1. The lowest BCUT2D eigenvalue weighted by Gasteiger charge is -2.33. The third-order valence-corrected chi connectivity index (χ3v) is 8.05. The maximum atomic E-state index is 13.8. The second-order valence-corrected chi connectivity index (χ2v) is 9.74. The van der Waals surface area contributed by atoms with E-state index in [1.165, 1.54) is 0 Å². The molecule has 3 amide bonds. The lowest BCUT2D eigenvalue weighted by Crippen LogP contribution is -2.53. The fourth-order valence-electron chi connectivity index (χ4n) is 6.19. The molecule has 3 aliphatic heterocycles. The van der Waals surface area contributed by atoms with Gasteiger partial charge >= 0.3 is 0 Å².